The smallest absolute Gasteiger partial charge is 0.343 e. The summed E-state index contributed by atoms with van der Waals surface area (Å²) in [7, 11) is 1.75. The number of halogens is 1. The second kappa shape index (κ2) is 4.12. The van der Waals surface area contributed by atoms with E-state index in [9.17, 15) is 14.0 Å². The molecule has 1 aromatic rings. The molecular formula is C12H15FN2O3. The Morgan fingerprint density at radius 2 is 2.11 bits per heavy atom. The van der Waals surface area contributed by atoms with Crippen molar-refractivity contribution in [3.63, 3.8) is 0 Å². The van der Waals surface area contributed by atoms with Crippen molar-refractivity contribution < 1.29 is 19.1 Å². The molecule has 6 heteroatoms. The van der Waals surface area contributed by atoms with Crippen LogP contribution in [0, 0.1) is 6.92 Å². The van der Waals surface area contributed by atoms with E-state index in [1.165, 1.54) is 4.90 Å². The lowest BCUT2D eigenvalue weighted by Gasteiger charge is -2.18. The number of aromatic nitrogens is 1. The number of carbonyl (C=O) groups is 2. The maximum atomic E-state index is 13.9. The predicted molar refractivity (Wildman–Crippen MR) is 62.1 cm³/mol. The Morgan fingerprint density at radius 1 is 1.44 bits per heavy atom. The number of carboxylic acid groups (broad SMARTS) is 1. The molecule has 1 atom stereocenters. The highest BCUT2D eigenvalue weighted by Gasteiger charge is 2.47. The Morgan fingerprint density at radius 3 is 2.56 bits per heavy atom. The minimum Gasteiger partial charge on any atom is -0.479 e. The Hall–Kier alpha value is -1.85. The van der Waals surface area contributed by atoms with Crippen LogP contribution < -0.4 is 0 Å². The van der Waals surface area contributed by atoms with Crippen LogP contribution in [0.3, 0.4) is 0 Å². The zero-order chi connectivity index (χ0) is 13.5. The fraction of sp³-hybridized carbons (Fsp3) is 0.500. The van der Waals surface area contributed by atoms with Crippen LogP contribution in [0.2, 0.25) is 0 Å². The maximum Gasteiger partial charge on any atom is 0.343 e. The molecule has 18 heavy (non-hydrogen) atoms. The average Bonchev–Trinajstić information content (AvgIpc) is 2.85. The molecule has 1 aliphatic rings. The fourth-order valence-electron chi connectivity index (χ4n) is 2.11. The van der Waals surface area contributed by atoms with Crippen molar-refractivity contribution in [1.29, 1.82) is 0 Å². The van der Waals surface area contributed by atoms with Gasteiger partial charge in [0.2, 0.25) is 5.67 Å². The summed E-state index contributed by atoms with van der Waals surface area (Å²) in [5, 5.41) is 8.78. The van der Waals surface area contributed by atoms with Crippen LogP contribution in [-0.4, -0.2) is 45.2 Å². The molecule has 0 saturated carbocycles. The van der Waals surface area contributed by atoms with Crippen LogP contribution in [0.4, 0.5) is 4.39 Å². The number of carboxylic acids is 1. The van der Waals surface area contributed by atoms with E-state index in [1.54, 1.807) is 23.7 Å². The summed E-state index contributed by atoms with van der Waals surface area (Å²) < 4.78 is 15.6. The van der Waals surface area contributed by atoms with Gasteiger partial charge < -0.3 is 14.6 Å². The van der Waals surface area contributed by atoms with Gasteiger partial charge in [0, 0.05) is 25.7 Å². The van der Waals surface area contributed by atoms with Gasteiger partial charge in [-0.2, -0.15) is 0 Å². The SMILES string of the molecule is Cc1ccc(C(=O)N2CCC(F)(C(=O)O)C2)n1C. The molecule has 1 N–H and O–H groups in total. The van der Waals surface area contributed by atoms with Crippen molar-refractivity contribution in [2.24, 2.45) is 7.05 Å². The second-order valence-electron chi connectivity index (χ2n) is 4.67. The van der Waals surface area contributed by atoms with Gasteiger partial charge in [0.25, 0.3) is 5.91 Å². The Labute approximate surface area is 104 Å². The molecule has 5 nitrogen and oxygen atoms in total. The molecule has 0 radical (unpaired) electrons. The Kier molecular flexibility index (Phi) is 2.88. The van der Waals surface area contributed by atoms with E-state index in [0.717, 1.165) is 5.69 Å². The molecule has 1 saturated heterocycles. The van der Waals surface area contributed by atoms with Crippen molar-refractivity contribution in [2.45, 2.75) is 19.0 Å². The van der Waals surface area contributed by atoms with Crippen LogP contribution in [0.1, 0.15) is 22.6 Å². The van der Waals surface area contributed by atoms with Crippen LogP contribution in [0.5, 0.6) is 0 Å². The van der Waals surface area contributed by atoms with Crippen molar-refractivity contribution in [3.05, 3.63) is 23.5 Å². The number of hydrogen-bond donors (Lipinski definition) is 1. The first-order chi connectivity index (χ1) is 8.35. The standard InChI is InChI=1S/C12H15FN2O3/c1-8-3-4-9(14(8)2)10(16)15-6-5-12(13,7-15)11(17)18/h3-4H,5-7H2,1-2H3,(H,17,18). The zero-order valence-corrected chi connectivity index (χ0v) is 10.3. The molecular weight excluding hydrogens is 239 g/mol. The lowest BCUT2D eigenvalue weighted by Crippen LogP contribution is -2.39. The van der Waals surface area contributed by atoms with Gasteiger partial charge in [-0.1, -0.05) is 0 Å². The molecule has 1 fully saturated rings. The largest absolute Gasteiger partial charge is 0.479 e. The number of hydrogen-bond acceptors (Lipinski definition) is 2. The third-order valence-corrected chi connectivity index (χ3v) is 3.48. The molecule has 0 bridgehead atoms. The average molecular weight is 254 g/mol. The molecule has 1 aromatic heterocycles. The highest BCUT2D eigenvalue weighted by molar-refractivity contribution is 5.94. The van der Waals surface area contributed by atoms with Crippen LogP contribution in [-0.2, 0) is 11.8 Å². The number of alkyl halides is 1. The number of aryl methyl sites for hydroxylation is 1. The summed E-state index contributed by atoms with van der Waals surface area (Å²) in [5.74, 6) is -1.83. The number of rotatable bonds is 2. The van der Waals surface area contributed by atoms with Gasteiger partial charge in [0.05, 0.1) is 6.54 Å². The van der Waals surface area contributed by atoms with Crippen molar-refractivity contribution >= 4 is 11.9 Å². The van der Waals surface area contributed by atoms with Gasteiger partial charge in [0.1, 0.15) is 5.69 Å². The van der Waals surface area contributed by atoms with E-state index in [4.69, 9.17) is 5.11 Å². The van der Waals surface area contributed by atoms with E-state index in [-0.39, 0.29) is 25.4 Å². The normalized spacial score (nSPS) is 23.4. The molecule has 1 aliphatic heterocycles. The summed E-state index contributed by atoms with van der Waals surface area (Å²) in [6.07, 6.45) is -0.155. The van der Waals surface area contributed by atoms with Crippen LogP contribution >= 0.6 is 0 Å². The topological polar surface area (TPSA) is 62.5 Å². The van der Waals surface area contributed by atoms with E-state index >= 15 is 0 Å². The maximum absolute atomic E-state index is 13.9. The van der Waals surface area contributed by atoms with Crippen molar-refractivity contribution in [3.8, 4) is 0 Å². The van der Waals surface area contributed by atoms with Crippen molar-refractivity contribution in [2.75, 3.05) is 13.1 Å². The van der Waals surface area contributed by atoms with Gasteiger partial charge in [0.15, 0.2) is 0 Å². The number of carbonyl (C=O) groups excluding carboxylic acids is 1. The van der Waals surface area contributed by atoms with Crippen LogP contribution in [0.15, 0.2) is 12.1 Å². The highest BCUT2D eigenvalue weighted by atomic mass is 19.1. The lowest BCUT2D eigenvalue weighted by atomic mass is 10.1. The first kappa shape index (κ1) is 12.6. The zero-order valence-electron chi connectivity index (χ0n) is 10.3. The number of likely N-dealkylation sites (tertiary alicyclic amines) is 1. The molecule has 1 unspecified atom stereocenters. The summed E-state index contributed by atoms with van der Waals surface area (Å²) in [4.78, 5) is 24.2. The molecule has 0 aliphatic carbocycles. The number of amides is 1. The minimum atomic E-state index is -2.31. The first-order valence-corrected chi connectivity index (χ1v) is 5.69. The number of aliphatic carboxylic acids is 1. The van der Waals surface area contributed by atoms with E-state index in [0.29, 0.717) is 5.69 Å². The second-order valence-corrected chi connectivity index (χ2v) is 4.67. The molecule has 0 spiro atoms. The van der Waals surface area contributed by atoms with E-state index < -0.39 is 11.6 Å². The van der Waals surface area contributed by atoms with E-state index in [1.807, 2.05) is 6.92 Å². The third kappa shape index (κ3) is 1.87. The molecule has 98 valence electrons. The third-order valence-electron chi connectivity index (χ3n) is 3.48. The van der Waals surface area contributed by atoms with Crippen LogP contribution in [0.25, 0.3) is 0 Å². The predicted octanol–water partition coefficient (Wildman–Crippen LogP) is 0.972. The Balaban J connectivity index is 2.18. The summed E-state index contributed by atoms with van der Waals surface area (Å²) in [6, 6.07) is 3.46. The number of nitrogens with zero attached hydrogens (tertiary/aromatic N) is 2. The van der Waals surface area contributed by atoms with Gasteiger partial charge in [-0.05, 0) is 19.1 Å². The minimum absolute atomic E-state index is 0.131. The monoisotopic (exact) mass is 254 g/mol. The van der Waals surface area contributed by atoms with E-state index in [2.05, 4.69) is 0 Å². The quantitative estimate of drug-likeness (QED) is 0.855. The lowest BCUT2D eigenvalue weighted by molar-refractivity contribution is -0.149. The van der Waals surface area contributed by atoms with Gasteiger partial charge >= 0.3 is 5.97 Å². The summed E-state index contributed by atoms with van der Waals surface area (Å²) in [5.41, 5.74) is -0.944. The summed E-state index contributed by atoms with van der Waals surface area (Å²) >= 11 is 0. The molecule has 0 aromatic carbocycles. The van der Waals surface area contributed by atoms with Gasteiger partial charge in [-0.15, -0.1) is 0 Å². The Bertz CT molecular complexity index is 511. The molecule has 2 rings (SSSR count). The highest BCUT2D eigenvalue weighted by Crippen LogP contribution is 2.27. The summed E-state index contributed by atoms with van der Waals surface area (Å²) in [6.45, 7) is 1.61. The van der Waals surface area contributed by atoms with Crippen molar-refractivity contribution in [1.82, 2.24) is 9.47 Å². The molecule has 1 amide bonds. The fourth-order valence-corrected chi connectivity index (χ4v) is 2.11. The van der Waals surface area contributed by atoms with Gasteiger partial charge in [-0.3, -0.25) is 4.79 Å². The van der Waals surface area contributed by atoms with Gasteiger partial charge in [-0.25, -0.2) is 9.18 Å². The first-order valence-electron chi connectivity index (χ1n) is 5.69. The molecule has 2 heterocycles.